The second kappa shape index (κ2) is 6.55. The molecule has 0 spiro atoms. The Morgan fingerprint density at radius 3 is 2.22 bits per heavy atom. The van der Waals surface area contributed by atoms with Gasteiger partial charge >= 0.3 is 0 Å². The second-order valence-electron chi connectivity index (χ2n) is 6.31. The summed E-state index contributed by atoms with van der Waals surface area (Å²) in [6.07, 6.45) is 3.71. The number of rotatable bonds is 6. The van der Waals surface area contributed by atoms with Gasteiger partial charge in [0.1, 0.15) is 0 Å². The molecule has 0 aromatic heterocycles. The number of hydrogen-bond donors (Lipinski definition) is 1. The zero-order chi connectivity index (χ0) is 13.9. The van der Waals surface area contributed by atoms with Crippen molar-refractivity contribution in [3.05, 3.63) is 0 Å². The first-order valence-corrected chi connectivity index (χ1v) is 7.48. The first kappa shape index (κ1) is 15.5. The Balaban J connectivity index is 2.80. The van der Waals surface area contributed by atoms with E-state index in [1.54, 1.807) is 0 Å². The Bertz CT molecular complexity index is 276. The summed E-state index contributed by atoms with van der Waals surface area (Å²) >= 11 is 0. The van der Waals surface area contributed by atoms with Gasteiger partial charge in [-0.1, -0.05) is 47.5 Å². The van der Waals surface area contributed by atoms with Crippen molar-refractivity contribution in [2.24, 2.45) is 11.8 Å². The van der Waals surface area contributed by atoms with Gasteiger partial charge in [0.25, 0.3) is 0 Å². The van der Waals surface area contributed by atoms with Crippen LogP contribution in [0.15, 0.2) is 0 Å². The number of carbonyl (C=O) groups excluding carboxylic acids is 1. The van der Waals surface area contributed by atoms with Gasteiger partial charge < -0.3 is 4.90 Å². The van der Waals surface area contributed by atoms with Crippen LogP contribution in [0.2, 0.25) is 0 Å². The molecule has 0 radical (unpaired) electrons. The van der Waals surface area contributed by atoms with Crippen LogP contribution in [0, 0.1) is 11.8 Å². The summed E-state index contributed by atoms with van der Waals surface area (Å²) in [6, 6.07) is 0.350. The Labute approximate surface area is 112 Å². The van der Waals surface area contributed by atoms with E-state index < -0.39 is 0 Å². The van der Waals surface area contributed by atoms with E-state index in [-0.39, 0.29) is 12.2 Å². The molecule has 3 atom stereocenters. The van der Waals surface area contributed by atoms with E-state index in [1.165, 1.54) is 12.8 Å². The summed E-state index contributed by atoms with van der Waals surface area (Å²) < 4.78 is 0. The molecule has 1 amide bonds. The smallest absolute Gasteiger partial charge is 0.241 e. The summed E-state index contributed by atoms with van der Waals surface area (Å²) in [4.78, 5) is 14.6. The monoisotopic (exact) mass is 254 g/mol. The van der Waals surface area contributed by atoms with Crippen LogP contribution in [0.1, 0.15) is 60.8 Å². The molecule has 0 saturated carbocycles. The minimum Gasteiger partial charge on any atom is -0.323 e. The molecule has 1 saturated heterocycles. The van der Waals surface area contributed by atoms with Crippen molar-refractivity contribution in [2.75, 3.05) is 0 Å². The third kappa shape index (κ3) is 3.25. The van der Waals surface area contributed by atoms with Gasteiger partial charge in [-0.15, -0.1) is 0 Å². The standard InChI is InChI=1S/C15H30N2O/c1-7-8-9-12(6)17-14(11(4)5)16-13(10(2)3)15(17)18/h10-14,16H,7-9H2,1-6H3. The fourth-order valence-corrected chi connectivity index (χ4v) is 2.75. The van der Waals surface area contributed by atoms with Crippen molar-refractivity contribution in [2.45, 2.75) is 79.1 Å². The zero-order valence-electron chi connectivity index (χ0n) is 12.9. The normalized spacial score (nSPS) is 26.4. The lowest BCUT2D eigenvalue weighted by Crippen LogP contribution is -2.46. The van der Waals surface area contributed by atoms with E-state index in [0.29, 0.717) is 23.8 Å². The van der Waals surface area contributed by atoms with Gasteiger partial charge in [0, 0.05) is 6.04 Å². The minimum atomic E-state index is 0.00137. The first-order valence-electron chi connectivity index (χ1n) is 7.48. The van der Waals surface area contributed by atoms with Crippen molar-refractivity contribution in [3.8, 4) is 0 Å². The first-order chi connectivity index (χ1) is 8.40. The van der Waals surface area contributed by atoms with Crippen LogP contribution in [-0.2, 0) is 4.79 Å². The lowest BCUT2D eigenvalue weighted by atomic mass is 10.0. The highest BCUT2D eigenvalue weighted by Crippen LogP contribution is 2.25. The molecule has 0 bridgehead atoms. The lowest BCUT2D eigenvalue weighted by molar-refractivity contribution is -0.133. The Morgan fingerprint density at radius 2 is 1.78 bits per heavy atom. The van der Waals surface area contributed by atoms with Crippen LogP contribution in [0.3, 0.4) is 0 Å². The molecule has 1 fully saturated rings. The van der Waals surface area contributed by atoms with Gasteiger partial charge in [0.2, 0.25) is 5.91 Å². The quantitative estimate of drug-likeness (QED) is 0.790. The molecule has 1 rings (SSSR count). The Hall–Kier alpha value is -0.570. The summed E-state index contributed by atoms with van der Waals surface area (Å²) in [6.45, 7) is 13.0. The van der Waals surface area contributed by atoms with Crippen LogP contribution >= 0.6 is 0 Å². The van der Waals surface area contributed by atoms with Crippen LogP contribution in [0.4, 0.5) is 0 Å². The molecule has 1 heterocycles. The van der Waals surface area contributed by atoms with Gasteiger partial charge in [-0.05, 0) is 25.2 Å². The fraction of sp³-hybridized carbons (Fsp3) is 0.933. The van der Waals surface area contributed by atoms with E-state index in [0.717, 1.165) is 6.42 Å². The maximum absolute atomic E-state index is 12.5. The number of nitrogens with one attached hydrogen (secondary N) is 1. The van der Waals surface area contributed by atoms with E-state index >= 15 is 0 Å². The molecule has 3 nitrogen and oxygen atoms in total. The highest BCUT2D eigenvalue weighted by Gasteiger charge is 2.43. The van der Waals surface area contributed by atoms with Crippen molar-refractivity contribution in [3.63, 3.8) is 0 Å². The number of nitrogens with zero attached hydrogens (tertiary/aromatic N) is 1. The molecule has 0 aromatic rings. The van der Waals surface area contributed by atoms with Crippen molar-refractivity contribution in [1.29, 1.82) is 0 Å². The van der Waals surface area contributed by atoms with Crippen LogP contribution in [0.5, 0.6) is 0 Å². The molecule has 3 unspecified atom stereocenters. The largest absolute Gasteiger partial charge is 0.323 e. The van der Waals surface area contributed by atoms with Gasteiger partial charge in [0.15, 0.2) is 0 Å². The van der Waals surface area contributed by atoms with E-state index in [2.05, 4.69) is 51.8 Å². The third-order valence-electron chi connectivity index (χ3n) is 3.92. The van der Waals surface area contributed by atoms with Crippen LogP contribution in [0.25, 0.3) is 0 Å². The molecule has 3 heteroatoms. The maximum atomic E-state index is 12.5. The van der Waals surface area contributed by atoms with Crippen LogP contribution in [-0.4, -0.2) is 29.1 Å². The zero-order valence-corrected chi connectivity index (χ0v) is 12.9. The number of unbranched alkanes of at least 4 members (excludes halogenated alkanes) is 1. The van der Waals surface area contributed by atoms with E-state index in [4.69, 9.17) is 0 Å². The average molecular weight is 254 g/mol. The average Bonchev–Trinajstić information content (AvgIpc) is 2.64. The topological polar surface area (TPSA) is 32.3 Å². The van der Waals surface area contributed by atoms with Crippen LogP contribution < -0.4 is 5.32 Å². The predicted molar refractivity (Wildman–Crippen MR) is 76.2 cm³/mol. The molecule has 1 aliphatic rings. The summed E-state index contributed by atoms with van der Waals surface area (Å²) in [5.74, 6) is 1.12. The molecule has 106 valence electrons. The summed E-state index contributed by atoms with van der Waals surface area (Å²) in [7, 11) is 0. The summed E-state index contributed by atoms with van der Waals surface area (Å²) in [5.41, 5.74) is 0. The lowest BCUT2D eigenvalue weighted by Gasteiger charge is -2.32. The third-order valence-corrected chi connectivity index (χ3v) is 3.92. The van der Waals surface area contributed by atoms with Crippen molar-refractivity contribution < 1.29 is 4.79 Å². The SMILES string of the molecule is CCCCC(C)N1C(=O)C(C(C)C)NC1C(C)C. The molecule has 18 heavy (non-hydrogen) atoms. The molecule has 0 aliphatic carbocycles. The number of hydrogen-bond acceptors (Lipinski definition) is 2. The molecule has 1 aliphatic heterocycles. The molecular weight excluding hydrogens is 224 g/mol. The molecule has 0 aromatic carbocycles. The van der Waals surface area contributed by atoms with Gasteiger partial charge in [-0.25, -0.2) is 0 Å². The van der Waals surface area contributed by atoms with Gasteiger partial charge in [0.05, 0.1) is 12.2 Å². The highest BCUT2D eigenvalue weighted by atomic mass is 16.2. The van der Waals surface area contributed by atoms with E-state index in [9.17, 15) is 4.79 Å². The Kier molecular flexibility index (Phi) is 5.64. The predicted octanol–water partition coefficient (Wildman–Crippen LogP) is 3.00. The minimum absolute atomic E-state index is 0.00137. The number of carbonyl (C=O) groups is 1. The highest BCUT2D eigenvalue weighted by molar-refractivity contribution is 5.85. The van der Waals surface area contributed by atoms with Gasteiger partial charge in [-0.3, -0.25) is 10.1 Å². The Morgan fingerprint density at radius 1 is 1.17 bits per heavy atom. The fourth-order valence-electron chi connectivity index (χ4n) is 2.75. The van der Waals surface area contributed by atoms with E-state index in [1.807, 2.05) is 0 Å². The van der Waals surface area contributed by atoms with Gasteiger partial charge in [-0.2, -0.15) is 0 Å². The van der Waals surface area contributed by atoms with Crippen molar-refractivity contribution in [1.82, 2.24) is 10.2 Å². The summed E-state index contributed by atoms with van der Waals surface area (Å²) in [5, 5.41) is 3.52. The molecular formula is C15H30N2O. The van der Waals surface area contributed by atoms with Crippen molar-refractivity contribution >= 4 is 5.91 Å². The second-order valence-corrected chi connectivity index (χ2v) is 6.31. The molecule has 1 N–H and O–H groups in total. The maximum Gasteiger partial charge on any atom is 0.241 e. The number of amides is 1.